The monoisotopic (exact) mass is 276 g/mol. The number of rotatable bonds is 2. The van der Waals surface area contributed by atoms with Gasteiger partial charge in [0.2, 0.25) is 0 Å². The number of H-pyrrole nitrogens is 1. The number of esters is 1. The van der Waals surface area contributed by atoms with E-state index in [0.717, 1.165) is 12.8 Å². The summed E-state index contributed by atoms with van der Waals surface area (Å²) in [5.41, 5.74) is 0.858. The average Bonchev–Trinajstić information content (AvgIpc) is 3.21. The maximum absolute atomic E-state index is 12.3. The molecule has 1 aromatic carbocycles. The molecule has 1 aliphatic carbocycles. The number of hydrogen-bond acceptors (Lipinski definition) is 4. The predicted molar refractivity (Wildman–Crippen MR) is 73.0 cm³/mol. The van der Waals surface area contributed by atoms with Gasteiger partial charge >= 0.3 is 5.97 Å². The minimum absolute atomic E-state index is 0.0994. The van der Waals surface area contributed by atoms with Crippen LogP contribution in [0.3, 0.4) is 0 Å². The Morgan fingerprint density at radius 3 is 2.84 bits per heavy atom. The summed E-state index contributed by atoms with van der Waals surface area (Å²) < 4.78 is 6.68. The molecule has 0 spiro atoms. The van der Waals surface area contributed by atoms with Crippen LogP contribution in [0, 0.1) is 4.77 Å². The van der Waals surface area contributed by atoms with Crippen LogP contribution in [-0.2, 0) is 4.74 Å². The van der Waals surface area contributed by atoms with E-state index in [1.807, 2.05) is 0 Å². The van der Waals surface area contributed by atoms with Gasteiger partial charge in [0, 0.05) is 6.04 Å². The van der Waals surface area contributed by atoms with E-state index in [2.05, 4.69) is 9.72 Å². The lowest BCUT2D eigenvalue weighted by Gasteiger charge is -2.07. The zero-order chi connectivity index (χ0) is 13.6. The summed E-state index contributed by atoms with van der Waals surface area (Å²) >= 11 is 5.21. The second-order valence-corrected chi connectivity index (χ2v) is 4.98. The first kappa shape index (κ1) is 12.1. The van der Waals surface area contributed by atoms with E-state index < -0.39 is 5.97 Å². The van der Waals surface area contributed by atoms with Gasteiger partial charge in [-0.3, -0.25) is 9.36 Å². The van der Waals surface area contributed by atoms with Crippen LogP contribution in [0.5, 0.6) is 0 Å². The molecule has 3 rings (SSSR count). The first-order valence-electron chi connectivity index (χ1n) is 5.98. The van der Waals surface area contributed by atoms with Gasteiger partial charge in [0.15, 0.2) is 4.77 Å². The molecule has 98 valence electrons. The molecule has 0 unspecified atom stereocenters. The van der Waals surface area contributed by atoms with Crippen LogP contribution in [0.1, 0.15) is 29.2 Å². The summed E-state index contributed by atoms with van der Waals surface area (Å²) in [5.74, 6) is -0.437. The van der Waals surface area contributed by atoms with Gasteiger partial charge in [-0.1, -0.05) is 0 Å². The van der Waals surface area contributed by atoms with E-state index in [1.165, 1.54) is 7.11 Å². The summed E-state index contributed by atoms with van der Waals surface area (Å²) in [6, 6.07) is 5.04. The molecule has 1 N–H and O–H groups in total. The van der Waals surface area contributed by atoms with E-state index >= 15 is 0 Å². The molecule has 1 aliphatic rings. The number of methoxy groups -OCH3 is 1. The summed E-state index contributed by atoms with van der Waals surface area (Å²) in [7, 11) is 1.32. The first-order valence-corrected chi connectivity index (χ1v) is 6.39. The van der Waals surface area contributed by atoms with Crippen molar-refractivity contribution in [1.82, 2.24) is 9.55 Å². The molecule has 1 saturated carbocycles. The lowest BCUT2D eigenvalue weighted by atomic mass is 10.1. The quantitative estimate of drug-likeness (QED) is 0.674. The number of fused-ring (bicyclic) bond motifs is 1. The third-order valence-electron chi connectivity index (χ3n) is 3.26. The maximum Gasteiger partial charge on any atom is 0.337 e. The predicted octanol–water partition coefficient (Wildman–Crippen LogP) is 2.18. The Bertz CT molecular complexity index is 787. The highest BCUT2D eigenvalue weighted by atomic mass is 32.1. The van der Waals surface area contributed by atoms with Crippen molar-refractivity contribution < 1.29 is 9.53 Å². The van der Waals surface area contributed by atoms with Crippen molar-refractivity contribution in [2.24, 2.45) is 0 Å². The van der Waals surface area contributed by atoms with Crippen LogP contribution < -0.4 is 5.56 Å². The number of nitrogens with zero attached hydrogens (tertiary/aromatic N) is 1. The highest BCUT2D eigenvalue weighted by molar-refractivity contribution is 7.71. The molecule has 1 heterocycles. The molecule has 1 fully saturated rings. The first-order chi connectivity index (χ1) is 9.11. The van der Waals surface area contributed by atoms with Gasteiger partial charge < -0.3 is 9.72 Å². The van der Waals surface area contributed by atoms with E-state index in [1.54, 1.807) is 22.8 Å². The highest BCUT2D eigenvalue weighted by Crippen LogP contribution is 2.33. The Hall–Kier alpha value is -1.95. The second-order valence-electron chi connectivity index (χ2n) is 4.59. The highest BCUT2D eigenvalue weighted by Gasteiger charge is 2.26. The molecule has 2 aromatic rings. The third kappa shape index (κ3) is 1.98. The van der Waals surface area contributed by atoms with Crippen molar-refractivity contribution >= 4 is 29.1 Å². The van der Waals surface area contributed by atoms with Crippen molar-refractivity contribution in [2.75, 3.05) is 7.11 Å². The molecule has 0 saturated heterocycles. The molecule has 0 bridgehead atoms. The minimum atomic E-state index is -0.437. The Labute approximate surface area is 113 Å². The summed E-state index contributed by atoms with van der Waals surface area (Å²) in [5, 5.41) is 0.535. The lowest BCUT2D eigenvalue weighted by molar-refractivity contribution is 0.0601. The zero-order valence-corrected chi connectivity index (χ0v) is 11.1. The van der Waals surface area contributed by atoms with Crippen LogP contribution in [0.15, 0.2) is 23.0 Å². The Balaban J connectivity index is 2.26. The molecular weight excluding hydrogens is 264 g/mol. The molecule has 0 aliphatic heterocycles. The zero-order valence-electron chi connectivity index (χ0n) is 10.3. The smallest absolute Gasteiger partial charge is 0.337 e. The number of carbonyl (C=O) groups is 1. The largest absolute Gasteiger partial charge is 0.465 e. The fourth-order valence-electron chi connectivity index (χ4n) is 2.14. The van der Waals surface area contributed by atoms with E-state index in [-0.39, 0.29) is 11.6 Å². The van der Waals surface area contributed by atoms with Gasteiger partial charge in [-0.05, 0) is 43.3 Å². The SMILES string of the molecule is COC(=O)c1ccc2c(=O)n(C3CC3)c(=S)[nH]c2c1. The number of aromatic amines is 1. The van der Waals surface area contributed by atoms with Crippen LogP contribution in [0.25, 0.3) is 10.9 Å². The molecule has 1 aromatic heterocycles. The summed E-state index contributed by atoms with van der Waals surface area (Å²) in [4.78, 5) is 26.8. The molecule has 19 heavy (non-hydrogen) atoms. The molecule has 0 radical (unpaired) electrons. The van der Waals surface area contributed by atoms with Gasteiger partial charge in [0.1, 0.15) is 0 Å². The van der Waals surface area contributed by atoms with Gasteiger partial charge in [-0.2, -0.15) is 0 Å². The number of ether oxygens (including phenoxy) is 1. The Kier molecular flexibility index (Phi) is 2.74. The lowest BCUT2D eigenvalue weighted by Crippen LogP contribution is -2.21. The van der Waals surface area contributed by atoms with Gasteiger partial charge in [0.05, 0.1) is 23.6 Å². The standard InChI is InChI=1S/C13H12N2O3S/c1-18-12(17)7-2-5-9-10(6-7)14-13(19)15(11(9)16)8-3-4-8/h2,5-6,8H,3-4H2,1H3,(H,14,19). The van der Waals surface area contributed by atoms with Gasteiger partial charge in [-0.15, -0.1) is 0 Å². The normalized spacial score (nSPS) is 14.6. The van der Waals surface area contributed by atoms with Crippen LogP contribution in [-0.4, -0.2) is 22.6 Å². The molecule has 0 amide bonds. The van der Waals surface area contributed by atoms with Crippen molar-refractivity contribution in [3.8, 4) is 0 Å². The fraction of sp³-hybridized carbons (Fsp3) is 0.308. The summed E-state index contributed by atoms with van der Waals surface area (Å²) in [6.45, 7) is 0. The maximum atomic E-state index is 12.3. The van der Waals surface area contributed by atoms with Crippen molar-refractivity contribution in [2.45, 2.75) is 18.9 Å². The molecule has 5 nitrogen and oxygen atoms in total. The molecular formula is C13H12N2O3S. The van der Waals surface area contributed by atoms with Crippen molar-refractivity contribution in [1.29, 1.82) is 0 Å². The number of carbonyl (C=O) groups excluding carboxylic acids is 1. The minimum Gasteiger partial charge on any atom is -0.465 e. The van der Waals surface area contributed by atoms with Gasteiger partial charge in [0.25, 0.3) is 5.56 Å². The van der Waals surface area contributed by atoms with Gasteiger partial charge in [-0.25, -0.2) is 4.79 Å². The van der Waals surface area contributed by atoms with Crippen LogP contribution >= 0.6 is 12.2 Å². The number of hydrogen-bond donors (Lipinski definition) is 1. The fourth-order valence-corrected chi connectivity index (χ4v) is 2.48. The van der Waals surface area contributed by atoms with E-state index in [4.69, 9.17) is 12.2 Å². The van der Waals surface area contributed by atoms with E-state index in [9.17, 15) is 9.59 Å². The summed E-state index contributed by atoms with van der Waals surface area (Å²) in [6.07, 6.45) is 1.98. The topological polar surface area (TPSA) is 64.1 Å². The van der Waals surface area contributed by atoms with Crippen molar-refractivity contribution in [3.05, 3.63) is 38.9 Å². The Morgan fingerprint density at radius 2 is 2.21 bits per heavy atom. The molecule has 6 heteroatoms. The second kappa shape index (κ2) is 4.31. The number of benzene rings is 1. The molecule has 0 atom stereocenters. The van der Waals surface area contributed by atoms with Crippen molar-refractivity contribution in [3.63, 3.8) is 0 Å². The number of aromatic nitrogens is 2. The average molecular weight is 276 g/mol. The Morgan fingerprint density at radius 1 is 1.47 bits per heavy atom. The number of nitrogens with one attached hydrogen (secondary N) is 1. The van der Waals surface area contributed by atoms with Crippen LogP contribution in [0.2, 0.25) is 0 Å². The van der Waals surface area contributed by atoms with E-state index in [0.29, 0.717) is 21.2 Å². The third-order valence-corrected chi connectivity index (χ3v) is 3.56. The van der Waals surface area contributed by atoms with Crippen LogP contribution in [0.4, 0.5) is 0 Å².